The van der Waals surface area contributed by atoms with Gasteiger partial charge in [0.2, 0.25) is 0 Å². The highest BCUT2D eigenvalue weighted by Gasteiger charge is 2.36. The van der Waals surface area contributed by atoms with Crippen molar-refractivity contribution in [3.63, 3.8) is 0 Å². The Kier molecular flexibility index (Phi) is 6.56. The van der Waals surface area contributed by atoms with Crippen LogP contribution in [0, 0.1) is 23.7 Å². The van der Waals surface area contributed by atoms with Crippen molar-refractivity contribution < 1.29 is 14.3 Å². The van der Waals surface area contributed by atoms with Crippen molar-refractivity contribution in [3.05, 3.63) is 0 Å². The molecule has 4 atom stereocenters. The highest BCUT2D eigenvalue weighted by atomic mass is 16.5. The Balaban J connectivity index is 1.71. The van der Waals surface area contributed by atoms with Crippen LogP contribution in [-0.2, 0) is 14.3 Å². The molecule has 2 aliphatic carbocycles. The van der Waals surface area contributed by atoms with Gasteiger partial charge in [-0.2, -0.15) is 0 Å². The van der Waals surface area contributed by atoms with E-state index in [0.29, 0.717) is 18.4 Å². The van der Waals surface area contributed by atoms with Crippen LogP contribution >= 0.6 is 0 Å². The first-order valence-electron chi connectivity index (χ1n) is 10.2. The molecule has 3 fully saturated rings. The monoisotopic (exact) mass is 337 g/mol. The van der Waals surface area contributed by atoms with E-state index in [1.807, 2.05) is 0 Å². The molecule has 1 aliphatic heterocycles. The number of esters is 1. The highest BCUT2D eigenvalue weighted by molar-refractivity contribution is 5.75. The van der Waals surface area contributed by atoms with Gasteiger partial charge in [0.1, 0.15) is 12.1 Å². The summed E-state index contributed by atoms with van der Waals surface area (Å²) in [6.45, 7) is 3.11. The predicted octanol–water partition coefficient (Wildman–Crippen LogP) is 3.67. The maximum absolute atomic E-state index is 12.1. The molecule has 0 aromatic carbocycles. The Bertz CT molecular complexity index is 402. The molecule has 24 heavy (non-hydrogen) atoms. The smallest absolute Gasteiger partial charge is 0.325 e. The van der Waals surface area contributed by atoms with E-state index in [1.54, 1.807) is 0 Å². The minimum atomic E-state index is -0.634. The van der Waals surface area contributed by atoms with Crippen molar-refractivity contribution in [1.82, 2.24) is 0 Å². The van der Waals surface area contributed by atoms with E-state index < -0.39 is 6.04 Å². The van der Waals surface area contributed by atoms with E-state index >= 15 is 0 Å². The lowest BCUT2D eigenvalue weighted by Crippen LogP contribution is -2.39. The first-order valence-corrected chi connectivity index (χ1v) is 10.2. The van der Waals surface area contributed by atoms with Gasteiger partial charge in [-0.1, -0.05) is 51.4 Å². The van der Waals surface area contributed by atoms with Gasteiger partial charge < -0.3 is 15.2 Å². The lowest BCUT2D eigenvalue weighted by molar-refractivity contribution is -0.153. The molecule has 1 heterocycles. The summed E-state index contributed by atoms with van der Waals surface area (Å²) in [6, 6.07) is -0.634. The fourth-order valence-corrected chi connectivity index (χ4v) is 5.21. The van der Waals surface area contributed by atoms with E-state index in [1.165, 1.54) is 64.2 Å². The van der Waals surface area contributed by atoms with Gasteiger partial charge in [0.15, 0.2) is 0 Å². The van der Waals surface area contributed by atoms with E-state index in [9.17, 15) is 4.79 Å². The molecule has 4 nitrogen and oxygen atoms in total. The summed E-state index contributed by atoms with van der Waals surface area (Å²) < 4.78 is 11.6. The third-order valence-corrected chi connectivity index (χ3v) is 6.63. The molecule has 3 rings (SSSR count). The second kappa shape index (κ2) is 8.66. The van der Waals surface area contributed by atoms with Gasteiger partial charge in [0.05, 0.1) is 6.61 Å². The van der Waals surface area contributed by atoms with Gasteiger partial charge in [0.25, 0.3) is 0 Å². The molecule has 4 heteroatoms. The van der Waals surface area contributed by atoms with Crippen LogP contribution in [0.15, 0.2) is 0 Å². The Morgan fingerprint density at radius 3 is 2.17 bits per heavy atom. The number of rotatable bonds is 4. The summed E-state index contributed by atoms with van der Waals surface area (Å²) in [7, 11) is 0. The van der Waals surface area contributed by atoms with E-state index in [0.717, 1.165) is 18.4 Å². The fraction of sp³-hybridized carbons (Fsp3) is 0.950. The fourth-order valence-electron chi connectivity index (χ4n) is 5.21. The van der Waals surface area contributed by atoms with Gasteiger partial charge in [-0.25, -0.2) is 0 Å². The van der Waals surface area contributed by atoms with Gasteiger partial charge in [-0.3, -0.25) is 4.79 Å². The van der Waals surface area contributed by atoms with Crippen LogP contribution in [0.2, 0.25) is 0 Å². The number of carbonyl (C=O) groups excluding carboxylic acids is 1. The van der Waals surface area contributed by atoms with Gasteiger partial charge in [-0.15, -0.1) is 0 Å². The normalized spacial score (nSPS) is 37.0. The van der Waals surface area contributed by atoms with Gasteiger partial charge in [-0.05, 0) is 37.5 Å². The first-order chi connectivity index (χ1) is 11.6. The molecule has 1 saturated heterocycles. The van der Waals surface area contributed by atoms with Crippen LogP contribution in [0.5, 0.6) is 0 Å². The lowest BCUT2D eigenvalue weighted by atomic mass is 9.76. The lowest BCUT2D eigenvalue weighted by Gasteiger charge is -2.34. The third-order valence-electron chi connectivity index (χ3n) is 6.63. The van der Waals surface area contributed by atoms with Crippen molar-refractivity contribution >= 4 is 5.97 Å². The molecule has 2 N–H and O–H groups in total. The number of hydrogen-bond donors (Lipinski definition) is 1. The van der Waals surface area contributed by atoms with Crippen molar-refractivity contribution in [2.45, 2.75) is 83.3 Å². The molecule has 0 unspecified atom stereocenters. The van der Waals surface area contributed by atoms with E-state index in [2.05, 4.69) is 6.92 Å². The van der Waals surface area contributed by atoms with Crippen LogP contribution in [0.3, 0.4) is 0 Å². The third kappa shape index (κ3) is 4.72. The van der Waals surface area contributed by atoms with Crippen LogP contribution in [0.25, 0.3) is 0 Å². The number of carbonyl (C=O) groups is 1. The molecular formula is C20H35NO3. The summed E-state index contributed by atoms with van der Waals surface area (Å²) in [5.74, 6) is 2.27. The average Bonchev–Trinajstić information content (AvgIpc) is 3.24. The summed E-state index contributed by atoms with van der Waals surface area (Å²) in [5, 5.41) is 0. The molecule has 0 amide bonds. The first kappa shape index (κ1) is 18.2. The van der Waals surface area contributed by atoms with Crippen LogP contribution in [0.4, 0.5) is 0 Å². The van der Waals surface area contributed by atoms with Crippen LogP contribution in [0.1, 0.15) is 71.1 Å². The zero-order valence-corrected chi connectivity index (χ0v) is 15.3. The second-order valence-electron chi connectivity index (χ2n) is 8.48. The summed E-state index contributed by atoms with van der Waals surface area (Å²) in [5.41, 5.74) is 5.90. The number of cyclic esters (lactones) is 1. The molecule has 138 valence electrons. The maximum Gasteiger partial charge on any atom is 0.325 e. The maximum atomic E-state index is 12.1. The number of ether oxygens (including phenoxy) is 2. The molecule has 0 bridgehead atoms. The molecule has 0 aromatic rings. The number of hydrogen-bond acceptors (Lipinski definition) is 4. The minimum Gasteiger partial charge on any atom is -0.461 e. The molecule has 0 radical (unpaired) electrons. The van der Waals surface area contributed by atoms with Crippen molar-refractivity contribution in [2.24, 2.45) is 29.4 Å². The second-order valence-corrected chi connectivity index (χ2v) is 8.48. The molecular weight excluding hydrogens is 302 g/mol. The van der Waals surface area contributed by atoms with Crippen molar-refractivity contribution in [3.8, 4) is 0 Å². The molecule has 0 spiro atoms. The largest absolute Gasteiger partial charge is 0.461 e. The number of nitrogens with two attached hydrogens (primary N) is 1. The Morgan fingerprint density at radius 2 is 1.54 bits per heavy atom. The average molecular weight is 338 g/mol. The van der Waals surface area contributed by atoms with Gasteiger partial charge in [0, 0.05) is 12.5 Å². The molecule has 0 aromatic heterocycles. The summed E-state index contributed by atoms with van der Waals surface area (Å²) in [6.07, 6.45) is 13.3. The van der Waals surface area contributed by atoms with Crippen molar-refractivity contribution in [2.75, 3.05) is 13.2 Å². The summed E-state index contributed by atoms with van der Waals surface area (Å²) >= 11 is 0. The molecule has 3 aliphatic rings. The predicted molar refractivity (Wildman–Crippen MR) is 94.5 cm³/mol. The zero-order chi connectivity index (χ0) is 16.9. The van der Waals surface area contributed by atoms with Crippen LogP contribution in [-0.4, -0.2) is 31.3 Å². The topological polar surface area (TPSA) is 61.5 Å². The summed E-state index contributed by atoms with van der Waals surface area (Å²) in [4.78, 5) is 12.1. The van der Waals surface area contributed by atoms with Gasteiger partial charge >= 0.3 is 5.97 Å². The standard InChI is InChI=1S/C20H35NO3/c1-14-18(11-16-8-4-5-9-16)17(10-15-6-2-3-7-15)12-23-13-19(21)20(22)24-14/h14-19H,2-13,21H2,1H3/t14-,17-,18-,19-/m0/s1. The Labute approximate surface area is 146 Å². The molecule has 2 saturated carbocycles. The zero-order valence-electron chi connectivity index (χ0n) is 15.3. The van der Waals surface area contributed by atoms with Crippen molar-refractivity contribution in [1.29, 1.82) is 0 Å². The highest BCUT2D eigenvalue weighted by Crippen LogP contribution is 2.40. The van der Waals surface area contributed by atoms with E-state index in [4.69, 9.17) is 15.2 Å². The quantitative estimate of drug-likeness (QED) is 0.795. The minimum absolute atomic E-state index is 0.0442. The van der Waals surface area contributed by atoms with E-state index in [-0.39, 0.29) is 12.1 Å². The Morgan fingerprint density at radius 1 is 0.958 bits per heavy atom. The van der Waals surface area contributed by atoms with Crippen LogP contribution < -0.4 is 5.73 Å². The Hall–Kier alpha value is -0.610. The SMILES string of the molecule is C[C@@H]1OC(=O)[C@@H](N)COC[C@H](CC2CCCC2)[C@H]1CC1CCCC1.